The van der Waals surface area contributed by atoms with Gasteiger partial charge in [0, 0.05) is 17.1 Å². The van der Waals surface area contributed by atoms with Crippen LogP contribution in [0.5, 0.6) is 0 Å². The second kappa shape index (κ2) is 6.18. The van der Waals surface area contributed by atoms with Crippen LogP contribution in [0.1, 0.15) is 29.1 Å². The Hall–Kier alpha value is -1.35. The Bertz CT molecular complexity index is 730. The number of rotatable bonds is 5. The number of nitrogens with one attached hydrogen (secondary N) is 1. The van der Waals surface area contributed by atoms with Gasteiger partial charge in [0.25, 0.3) is 0 Å². The first-order valence-corrected chi connectivity index (χ1v) is 8.53. The van der Waals surface area contributed by atoms with Gasteiger partial charge in [-0.1, -0.05) is 0 Å². The van der Waals surface area contributed by atoms with E-state index in [2.05, 4.69) is 9.71 Å². The molecule has 0 aliphatic heterocycles. The van der Waals surface area contributed by atoms with Crippen molar-refractivity contribution in [1.29, 1.82) is 0 Å². The van der Waals surface area contributed by atoms with Gasteiger partial charge in [-0.2, -0.15) is 0 Å². The van der Waals surface area contributed by atoms with E-state index in [4.69, 9.17) is 5.11 Å². The molecule has 1 aromatic carbocycles. The Labute approximate surface area is 126 Å². The summed E-state index contributed by atoms with van der Waals surface area (Å²) in [5.41, 5.74) is 0.126. The quantitative estimate of drug-likeness (QED) is 0.880. The van der Waals surface area contributed by atoms with Crippen LogP contribution in [-0.2, 0) is 16.6 Å². The molecule has 1 aromatic heterocycles. The first-order valence-electron chi connectivity index (χ1n) is 6.16. The zero-order valence-corrected chi connectivity index (χ0v) is 13.1. The number of aliphatic hydroxyl groups is 1. The molecule has 0 amide bonds. The summed E-state index contributed by atoms with van der Waals surface area (Å²) in [6.45, 7) is 2.58. The summed E-state index contributed by atoms with van der Waals surface area (Å²) in [5, 5.41) is 11.5. The van der Waals surface area contributed by atoms with E-state index in [0.29, 0.717) is 5.01 Å². The minimum atomic E-state index is -3.82. The number of sulfonamides is 1. The molecule has 5 nitrogen and oxygen atoms in total. The van der Waals surface area contributed by atoms with E-state index >= 15 is 0 Å². The van der Waals surface area contributed by atoms with Gasteiger partial charge in [-0.3, -0.25) is 0 Å². The maximum atomic E-state index is 13.7. The summed E-state index contributed by atoms with van der Waals surface area (Å²) in [5.74, 6) is -0.593. The number of hydrogen-bond donors (Lipinski definition) is 2. The SMILES string of the molecule is Cc1cc(S(=O)(=O)NC(C)c2nccs2)cc(CO)c1F. The Morgan fingerprint density at radius 1 is 1.48 bits per heavy atom. The summed E-state index contributed by atoms with van der Waals surface area (Å²) in [6.07, 6.45) is 1.59. The highest BCUT2D eigenvalue weighted by molar-refractivity contribution is 7.89. The maximum absolute atomic E-state index is 13.7. The average Bonchev–Trinajstić information content (AvgIpc) is 2.95. The average molecular weight is 330 g/mol. The number of benzene rings is 1. The fourth-order valence-corrected chi connectivity index (χ4v) is 3.94. The predicted molar refractivity (Wildman–Crippen MR) is 77.9 cm³/mol. The predicted octanol–water partition coefficient (Wildman–Crippen LogP) is 2.12. The van der Waals surface area contributed by atoms with Gasteiger partial charge in [-0.25, -0.2) is 22.5 Å². The van der Waals surface area contributed by atoms with Gasteiger partial charge in [0.2, 0.25) is 10.0 Å². The van der Waals surface area contributed by atoms with Crippen LogP contribution < -0.4 is 4.72 Å². The maximum Gasteiger partial charge on any atom is 0.241 e. The molecular formula is C13H15FN2O3S2. The van der Waals surface area contributed by atoms with Crippen molar-refractivity contribution in [2.24, 2.45) is 0 Å². The van der Waals surface area contributed by atoms with Crippen LogP contribution >= 0.6 is 11.3 Å². The zero-order valence-electron chi connectivity index (χ0n) is 11.5. The second-order valence-electron chi connectivity index (χ2n) is 4.58. The van der Waals surface area contributed by atoms with Crippen molar-refractivity contribution in [2.45, 2.75) is 31.4 Å². The standard InChI is InChI=1S/C13H15FN2O3S2/c1-8-5-11(6-10(7-17)12(8)14)21(18,19)16-9(2)13-15-3-4-20-13/h3-6,9,16-17H,7H2,1-2H3. The third kappa shape index (κ3) is 3.46. The third-order valence-corrected chi connectivity index (χ3v) is 5.42. The number of nitrogens with zero attached hydrogens (tertiary/aromatic N) is 1. The van der Waals surface area contributed by atoms with Crippen molar-refractivity contribution in [1.82, 2.24) is 9.71 Å². The van der Waals surface area contributed by atoms with E-state index in [-0.39, 0.29) is 16.0 Å². The van der Waals surface area contributed by atoms with Gasteiger partial charge in [0.15, 0.2) is 0 Å². The molecule has 8 heteroatoms. The fourth-order valence-electron chi connectivity index (χ4n) is 1.88. The van der Waals surface area contributed by atoms with Crippen molar-refractivity contribution in [3.05, 3.63) is 45.7 Å². The highest BCUT2D eigenvalue weighted by Crippen LogP contribution is 2.22. The molecule has 0 radical (unpaired) electrons. The van der Waals surface area contributed by atoms with E-state index in [1.54, 1.807) is 18.5 Å². The first kappa shape index (κ1) is 16.0. The number of aromatic nitrogens is 1. The molecule has 2 N–H and O–H groups in total. The lowest BCUT2D eigenvalue weighted by molar-refractivity contribution is 0.275. The van der Waals surface area contributed by atoms with Crippen molar-refractivity contribution in [3.8, 4) is 0 Å². The summed E-state index contributed by atoms with van der Waals surface area (Å²) in [7, 11) is -3.82. The lowest BCUT2D eigenvalue weighted by Crippen LogP contribution is -2.27. The van der Waals surface area contributed by atoms with Crippen LogP contribution in [0, 0.1) is 12.7 Å². The largest absolute Gasteiger partial charge is 0.392 e. The van der Waals surface area contributed by atoms with Gasteiger partial charge in [-0.15, -0.1) is 11.3 Å². The molecule has 2 rings (SSSR count). The molecular weight excluding hydrogens is 315 g/mol. The minimum absolute atomic E-state index is 0.0442. The number of thiazole rings is 1. The third-order valence-electron chi connectivity index (χ3n) is 2.94. The molecule has 114 valence electrons. The minimum Gasteiger partial charge on any atom is -0.392 e. The van der Waals surface area contributed by atoms with Crippen LogP contribution in [0.15, 0.2) is 28.6 Å². The lowest BCUT2D eigenvalue weighted by atomic mass is 10.1. The molecule has 0 saturated carbocycles. The first-order chi connectivity index (χ1) is 9.85. The van der Waals surface area contributed by atoms with E-state index < -0.39 is 28.5 Å². The Balaban J connectivity index is 2.34. The topological polar surface area (TPSA) is 79.3 Å². The normalized spacial score (nSPS) is 13.3. The van der Waals surface area contributed by atoms with Crippen LogP contribution in [0.3, 0.4) is 0 Å². The van der Waals surface area contributed by atoms with Crippen molar-refractivity contribution in [2.75, 3.05) is 0 Å². The van der Waals surface area contributed by atoms with Crippen LogP contribution in [0.2, 0.25) is 0 Å². The molecule has 1 heterocycles. The molecule has 21 heavy (non-hydrogen) atoms. The lowest BCUT2D eigenvalue weighted by Gasteiger charge is -2.13. The zero-order chi connectivity index (χ0) is 15.6. The molecule has 1 atom stereocenters. The van der Waals surface area contributed by atoms with Crippen LogP contribution in [0.25, 0.3) is 0 Å². The summed E-state index contributed by atoms with van der Waals surface area (Å²) in [6, 6.07) is 1.89. The number of aryl methyl sites for hydroxylation is 1. The molecule has 0 bridgehead atoms. The summed E-state index contributed by atoms with van der Waals surface area (Å²) >= 11 is 1.34. The van der Waals surface area contributed by atoms with E-state index in [9.17, 15) is 12.8 Å². The highest BCUT2D eigenvalue weighted by atomic mass is 32.2. The molecule has 0 aliphatic carbocycles. The number of aliphatic hydroxyl groups excluding tert-OH is 1. The number of halogens is 1. The number of hydrogen-bond acceptors (Lipinski definition) is 5. The molecule has 0 saturated heterocycles. The van der Waals surface area contributed by atoms with Gasteiger partial charge in [-0.05, 0) is 31.5 Å². The Kier molecular flexibility index (Phi) is 4.72. The van der Waals surface area contributed by atoms with Gasteiger partial charge in [0.05, 0.1) is 17.5 Å². The molecule has 2 aromatic rings. The van der Waals surface area contributed by atoms with Gasteiger partial charge in [0.1, 0.15) is 10.8 Å². The van der Waals surface area contributed by atoms with E-state index in [1.165, 1.54) is 24.3 Å². The van der Waals surface area contributed by atoms with Gasteiger partial charge < -0.3 is 5.11 Å². The highest BCUT2D eigenvalue weighted by Gasteiger charge is 2.22. The summed E-state index contributed by atoms with van der Waals surface area (Å²) in [4.78, 5) is 3.98. The molecule has 1 unspecified atom stereocenters. The Morgan fingerprint density at radius 2 is 2.19 bits per heavy atom. The van der Waals surface area contributed by atoms with Crippen molar-refractivity contribution < 1.29 is 17.9 Å². The van der Waals surface area contributed by atoms with E-state index in [1.807, 2.05) is 0 Å². The second-order valence-corrected chi connectivity index (χ2v) is 7.22. The molecule has 0 fully saturated rings. The van der Waals surface area contributed by atoms with Crippen LogP contribution in [0.4, 0.5) is 4.39 Å². The monoisotopic (exact) mass is 330 g/mol. The summed E-state index contributed by atoms with van der Waals surface area (Å²) < 4.78 is 40.8. The van der Waals surface area contributed by atoms with E-state index in [0.717, 1.165) is 6.07 Å². The Morgan fingerprint density at radius 3 is 2.76 bits per heavy atom. The smallest absolute Gasteiger partial charge is 0.241 e. The van der Waals surface area contributed by atoms with Crippen LogP contribution in [-0.4, -0.2) is 18.5 Å². The molecule has 0 spiro atoms. The van der Waals surface area contributed by atoms with Gasteiger partial charge >= 0.3 is 0 Å². The van der Waals surface area contributed by atoms with Crippen molar-refractivity contribution in [3.63, 3.8) is 0 Å². The van der Waals surface area contributed by atoms with Crippen molar-refractivity contribution >= 4 is 21.4 Å². The fraction of sp³-hybridized carbons (Fsp3) is 0.308. The molecule has 0 aliphatic rings.